The smallest absolute Gasteiger partial charge is 0.184 e. The Morgan fingerprint density at radius 1 is 0.655 bits per heavy atom. The molecular formula is C26H20NO2+. The second kappa shape index (κ2) is 6.78. The Bertz CT molecular complexity index is 1210. The van der Waals surface area contributed by atoms with Crippen molar-refractivity contribution in [2.45, 2.75) is 13.0 Å². The Labute approximate surface area is 169 Å². The number of hydrogen-bond donors (Lipinski definition) is 0. The summed E-state index contributed by atoms with van der Waals surface area (Å²) in [7, 11) is 0. The molecule has 29 heavy (non-hydrogen) atoms. The summed E-state index contributed by atoms with van der Waals surface area (Å²) in [5.74, 6) is -0.162. The van der Waals surface area contributed by atoms with Gasteiger partial charge >= 0.3 is 0 Å². The van der Waals surface area contributed by atoms with Gasteiger partial charge in [0.05, 0.1) is 0 Å². The molecule has 3 aromatic carbocycles. The van der Waals surface area contributed by atoms with Gasteiger partial charge in [-0.1, -0.05) is 72.8 Å². The summed E-state index contributed by atoms with van der Waals surface area (Å²) < 4.78 is 1.98. The topological polar surface area (TPSA) is 38.0 Å². The van der Waals surface area contributed by atoms with E-state index in [1.165, 1.54) is 0 Å². The summed E-state index contributed by atoms with van der Waals surface area (Å²) in [6, 6.07) is 27.1. The van der Waals surface area contributed by atoms with E-state index in [2.05, 4.69) is 6.07 Å². The van der Waals surface area contributed by atoms with Gasteiger partial charge in [-0.3, -0.25) is 9.59 Å². The molecule has 1 aliphatic rings. The quantitative estimate of drug-likeness (QED) is 0.389. The van der Waals surface area contributed by atoms with Gasteiger partial charge in [-0.2, -0.15) is 0 Å². The number of benzene rings is 3. The molecule has 0 radical (unpaired) electrons. The van der Waals surface area contributed by atoms with E-state index in [0.717, 1.165) is 16.3 Å². The van der Waals surface area contributed by atoms with Crippen molar-refractivity contribution in [3.05, 3.63) is 114 Å². The van der Waals surface area contributed by atoms with Crippen LogP contribution < -0.4 is 4.57 Å². The van der Waals surface area contributed by atoms with Gasteiger partial charge in [0.1, 0.15) is 0 Å². The maximum Gasteiger partial charge on any atom is 0.184 e. The number of pyridine rings is 1. The minimum atomic E-state index is -1.13. The van der Waals surface area contributed by atoms with Crippen molar-refractivity contribution in [3.8, 4) is 0 Å². The van der Waals surface area contributed by atoms with Crippen LogP contribution in [0.2, 0.25) is 0 Å². The van der Waals surface area contributed by atoms with E-state index < -0.39 is 5.41 Å². The molecule has 0 amide bonds. The molecule has 0 N–H and O–H groups in total. The summed E-state index contributed by atoms with van der Waals surface area (Å²) in [5, 5.41) is 2.22. The van der Waals surface area contributed by atoms with Gasteiger partial charge in [0.25, 0.3) is 0 Å². The predicted molar refractivity (Wildman–Crippen MR) is 112 cm³/mol. The highest BCUT2D eigenvalue weighted by Crippen LogP contribution is 2.40. The molecule has 0 bridgehead atoms. The molecule has 4 aromatic rings. The fourth-order valence-electron chi connectivity index (χ4n) is 4.39. The van der Waals surface area contributed by atoms with Crippen LogP contribution in [0.25, 0.3) is 10.8 Å². The third-order valence-electron chi connectivity index (χ3n) is 5.83. The minimum Gasteiger partial charge on any atom is -0.293 e. The van der Waals surface area contributed by atoms with Crippen molar-refractivity contribution in [1.29, 1.82) is 0 Å². The normalized spacial score (nSPS) is 14.9. The molecule has 1 aliphatic carbocycles. The van der Waals surface area contributed by atoms with Crippen molar-refractivity contribution < 1.29 is 14.2 Å². The zero-order chi connectivity index (χ0) is 19.8. The molecule has 5 rings (SSSR count). The lowest BCUT2D eigenvalue weighted by molar-refractivity contribution is -0.703. The number of aromatic nitrogens is 1. The average molecular weight is 378 g/mol. The van der Waals surface area contributed by atoms with E-state index in [4.69, 9.17) is 0 Å². The van der Waals surface area contributed by atoms with Crippen molar-refractivity contribution in [3.63, 3.8) is 0 Å². The highest BCUT2D eigenvalue weighted by molar-refractivity contribution is 6.29. The Morgan fingerprint density at radius 3 is 1.93 bits per heavy atom. The number of ketones is 2. The highest BCUT2D eigenvalue weighted by atomic mass is 16.2. The van der Waals surface area contributed by atoms with Gasteiger partial charge < -0.3 is 0 Å². The number of rotatable bonds is 4. The maximum atomic E-state index is 13.6. The molecule has 3 nitrogen and oxygen atoms in total. The van der Waals surface area contributed by atoms with Gasteiger partial charge in [-0.25, -0.2) is 4.57 Å². The largest absolute Gasteiger partial charge is 0.293 e. The van der Waals surface area contributed by atoms with Crippen LogP contribution in [-0.2, 0) is 13.0 Å². The number of fused-ring (bicyclic) bond motifs is 2. The van der Waals surface area contributed by atoms with Crippen LogP contribution in [0.3, 0.4) is 0 Å². The van der Waals surface area contributed by atoms with Crippen molar-refractivity contribution in [2.75, 3.05) is 0 Å². The molecule has 1 aromatic heterocycles. The second-order valence-electron chi connectivity index (χ2n) is 7.69. The van der Waals surface area contributed by atoms with E-state index >= 15 is 0 Å². The van der Waals surface area contributed by atoms with E-state index in [1.54, 1.807) is 12.1 Å². The summed E-state index contributed by atoms with van der Waals surface area (Å²) >= 11 is 0. The molecule has 3 heteroatoms. The van der Waals surface area contributed by atoms with Crippen molar-refractivity contribution in [1.82, 2.24) is 0 Å². The van der Waals surface area contributed by atoms with Crippen LogP contribution in [0.4, 0.5) is 0 Å². The van der Waals surface area contributed by atoms with Crippen LogP contribution >= 0.6 is 0 Å². The van der Waals surface area contributed by atoms with Gasteiger partial charge in [0.15, 0.2) is 35.9 Å². The lowest BCUT2D eigenvalue weighted by atomic mass is 9.76. The Morgan fingerprint density at radius 2 is 1.24 bits per heavy atom. The molecule has 0 spiro atoms. The number of nitrogens with zero attached hydrogens (tertiary/aromatic N) is 1. The predicted octanol–water partition coefficient (Wildman–Crippen LogP) is 4.44. The molecule has 1 heterocycles. The fraction of sp³-hybridized carbons (Fsp3) is 0.115. The van der Waals surface area contributed by atoms with Crippen molar-refractivity contribution >= 4 is 22.3 Å². The van der Waals surface area contributed by atoms with Crippen LogP contribution in [-0.4, -0.2) is 11.6 Å². The fourth-order valence-corrected chi connectivity index (χ4v) is 4.39. The molecule has 0 fully saturated rings. The first-order valence-electron chi connectivity index (χ1n) is 9.78. The Kier molecular flexibility index (Phi) is 4.09. The van der Waals surface area contributed by atoms with Crippen LogP contribution in [0.1, 0.15) is 26.3 Å². The van der Waals surface area contributed by atoms with Gasteiger partial charge in [-0.05, 0) is 23.4 Å². The zero-order valence-corrected chi connectivity index (χ0v) is 15.9. The lowest BCUT2D eigenvalue weighted by Gasteiger charge is -2.23. The first-order chi connectivity index (χ1) is 14.2. The van der Waals surface area contributed by atoms with E-state index in [9.17, 15) is 9.59 Å². The van der Waals surface area contributed by atoms with Gasteiger partial charge in [-0.15, -0.1) is 0 Å². The highest BCUT2D eigenvalue weighted by Gasteiger charge is 2.55. The molecule has 0 atom stereocenters. The summed E-state index contributed by atoms with van der Waals surface area (Å²) in [4.78, 5) is 27.1. The summed E-state index contributed by atoms with van der Waals surface area (Å²) in [6.45, 7) is 0.319. The van der Waals surface area contributed by atoms with E-state index in [-0.39, 0.29) is 11.6 Å². The SMILES string of the molecule is O=C1c2ccccc2C(=O)C1(Cc1ccccc1)C[n+]1ccc2ccccc2c1. The number of carbonyl (C=O) groups excluding carboxylic acids is 2. The zero-order valence-electron chi connectivity index (χ0n) is 15.9. The van der Waals surface area contributed by atoms with Crippen molar-refractivity contribution in [2.24, 2.45) is 5.41 Å². The minimum absolute atomic E-state index is 0.0809. The third kappa shape index (κ3) is 2.87. The first kappa shape index (κ1) is 17.5. The van der Waals surface area contributed by atoms with Gasteiger partial charge in [0.2, 0.25) is 0 Å². The molecule has 140 valence electrons. The van der Waals surface area contributed by atoms with Crippen LogP contribution in [0.15, 0.2) is 97.3 Å². The molecule has 0 aliphatic heterocycles. The van der Waals surface area contributed by atoms with Crippen LogP contribution in [0, 0.1) is 5.41 Å². The number of carbonyl (C=O) groups is 2. The molecular weight excluding hydrogens is 358 g/mol. The molecule has 0 saturated heterocycles. The number of hydrogen-bond acceptors (Lipinski definition) is 2. The summed E-state index contributed by atoms with van der Waals surface area (Å²) in [6.07, 6.45) is 4.37. The maximum absolute atomic E-state index is 13.6. The second-order valence-corrected chi connectivity index (χ2v) is 7.69. The lowest BCUT2D eigenvalue weighted by Crippen LogP contribution is -2.50. The van der Waals surface area contributed by atoms with Gasteiger partial charge in [0, 0.05) is 22.6 Å². The third-order valence-corrected chi connectivity index (χ3v) is 5.83. The first-order valence-corrected chi connectivity index (χ1v) is 9.78. The molecule has 0 unspecified atom stereocenters. The summed E-state index contributed by atoms with van der Waals surface area (Å²) in [5.41, 5.74) is 0.936. The van der Waals surface area contributed by atoms with E-state index in [0.29, 0.717) is 24.1 Å². The Balaban J connectivity index is 1.63. The Hall–Kier alpha value is -3.59. The monoisotopic (exact) mass is 378 g/mol. The number of Topliss-reactive ketones (excluding diaryl/α,β-unsaturated/α-hetero) is 2. The average Bonchev–Trinajstić information content (AvgIpc) is 2.97. The standard InChI is InChI=1S/C26H20NO2/c28-24-22-12-6-7-13-23(22)25(29)26(24,16-19-8-2-1-3-9-19)18-27-15-14-20-10-4-5-11-21(20)17-27/h1-15,17H,16,18H2/q+1. The van der Waals surface area contributed by atoms with Crippen LogP contribution in [0.5, 0.6) is 0 Å². The van der Waals surface area contributed by atoms with E-state index in [1.807, 2.05) is 83.7 Å². The molecule has 0 saturated carbocycles.